The lowest BCUT2D eigenvalue weighted by Gasteiger charge is -2.24. The predicted molar refractivity (Wildman–Crippen MR) is 74.5 cm³/mol. The Labute approximate surface area is 111 Å². The molecule has 106 valence electrons. The van der Waals surface area contributed by atoms with Crippen molar-refractivity contribution in [3.63, 3.8) is 0 Å². The molecule has 2 fully saturated rings. The molecule has 0 bridgehead atoms. The fraction of sp³-hybridized carbons (Fsp3) is 1.00. The van der Waals surface area contributed by atoms with Gasteiger partial charge in [-0.1, -0.05) is 0 Å². The first-order valence-electron chi connectivity index (χ1n) is 7.29. The summed E-state index contributed by atoms with van der Waals surface area (Å²) in [4.78, 5) is 2.34. The third kappa shape index (κ3) is 4.86. The van der Waals surface area contributed by atoms with Gasteiger partial charge in [0.2, 0.25) is 0 Å². The predicted octanol–water partition coefficient (Wildman–Crippen LogP) is 0.887. The second-order valence-electron chi connectivity index (χ2n) is 5.68. The van der Waals surface area contributed by atoms with E-state index in [4.69, 9.17) is 0 Å². The lowest BCUT2D eigenvalue weighted by Crippen LogP contribution is -2.30. The molecular weight excluding hydrogens is 248 g/mol. The van der Waals surface area contributed by atoms with Crippen LogP contribution in [0.1, 0.15) is 32.1 Å². The maximum atomic E-state index is 11.5. The highest BCUT2D eigenvalue weighted by Crippen LogP contribution is 2.18. The third-order valence-electron chi connectivity index (χ3n) is 4.19. The third-order valence-corrected chi connectivity index (χ3v) is 5.91. The van der Waals surface area contributed by atoms with Crippen LogP contribution in [0.15, 0.2) is 0 Å². The van der Waals surface area contributed by atoms with E-state index in [0.717, 1.165) is 32.0 Å². The van der Waals surface area contributed by atoms with Gasteiger partial charge < -0.3 is 10.2 Å². The zero-order chi connectivity index (χ0) is 12.8. The molecule has 0 aromatic heterocycles. The fourth-order valence-corrected chi connectivity index (χ4v) is 4.30. The lowest BCUT2D eigenvalue weighted by atomic mass is 9.93. The molecule has 0 aromatic rings. The summed E-state index contributed by atoms with van der Waals surface area (Å²) in [5, 5.41) is 3.39. The molecule has 5 heteroatoms. The minimum absolute atomic E-state index is 0.361. The van der Waals surface area contributed by atoms with E-state index in [1.54, 1.807) is 0 Å². The summed E-state index contributed by atoms with van der Waals surface area (Å²) in [5.41, 5.74) is 0. The van der Waals surface area contributed by atoms with Crippen LogP contribution in [0, 0.1) is 5.92 Å². The van der Waals surface area contributed by atoms with Gasteiger partial charge >= 0.3 is 0 Å². The van der Waals surface area contributed by atoms with Gasteiger partial charge in [-0.2, -0.15) is 0 Å². The van der Waals surface area contributed by atoms with E-state index < -0.39 is 9.84 Å². The lowest BCUT2D eigenvalue weighted by molar-refractivity contribution is 0.266. The van der Waals surface area contributed by atoms with Crippen molar-refractivity contribution in [2.24, 2.45) is 5.92 Å². The maximum Gasteiger partial charge on any atom is 0.151 e. The molecule has 0 aromatic carbocycles. The number of hydrogen-bond acceptors (Lipinski definition) is 4. The van der Waals surface area contributed by atoms with Gasteiger partial charge in [0.1, 0.15) is 0 Å². The molecule has 2 aliphatic rings. The highest BCUT2D eigenvalue weighted by Gasteiger charge is 2.19. The molecule has 18 heavy (non-hydrogen) atoms. The van der Waals surface area contributed by atoms with Crippen LogP contribution in [0.2, 0.25) is 0 Å². The molecule has 2 saturated heterocycles. The molecule has 0 aliphatic carbocycles. The Balaban J connectivity index is 1.64. The van der Waals surface area contributed by atoms with E-state index in [0.29, 0.717) is 11.5 Å². The maximum absolute atomic E-state index is 11.5. The van der Waals surface area contributed by atoms with Crippen LogP contribution < -0.4 is 5.32 Å². The fourth-order valence-electron chi connectivity index (χ4n) is 2.99. The number of piperidine rings is 1. The molecule has 0 atom stereocenters. The topological polar surface area (TPSA) is 49.4 Å². The molecule has 0 amide bonds. The Bertz CT molecular complexity index is 337. The number of nitrogens with one attached hydrogen (secondary N) is 1. The number of rotatable bonds is 4. The number of sulfone groups is 1. The zero-order valence-electron chi connectivity index (χ0n) is 11.2. The second-order valence-corrected chi connectivity index (χ2v) is 7.99. The summed E-state index contributed by atoms with van der Waals surface area (Å²) in [5.74, 6) is 1.64. The van der Waals surface area contributed by atoms with Crippen LogP contribution >= 0.6 is 0 Å². The first-order valence-corrected chi connectivity index (χ1v) is 9.11. The van der Waals surface area contributed by atoms with Crippen molar-refractivity contribution in [2.75, 3.05) is 44.2 Å². The van der Waals surface area contributed by atoms with Gasteiger partial charge in [-0.3, -0.25) is 0 Å². The quantitative estimate of drug-likeness (QED) is 0.827. The molecular formula is C13H26N2O2S. The van der Waals surface area contributed by atoms with Crippen LogP contribution in [0.4, 0.5) is 0 Å². The molecule has 0 radical (unpaired) electrons. The molecule has 2 aliphatic heterocycles. The molecule has 0 saturated carbocycles. The van der Waals surface area contributed by atoms with Crippen molar-refractivity contribution in [3.05, 3.63) is 0 Å². The van der Waals surface area contributed by atoms with E-state index in [1.165, 1.54) is 38.8 Å². The van der Waals surface area contributed by atoms with E-state index >= 15 is 0 Å². The van der Waals surface area contributed by atoms with Crippen molar-refractivity contribution in [3.8, 4) is 0 Å². The monoisotopic (exact) mass is 274 g/mol. The van der Waals surface area contributed by atoms with Gasteiger partial charge in [0.05, 0.1) is 11.5 Å². The SMILES string of the molecule is O=S1(=O)CCCN(CCCC2CCNCC2)CC1. The summed E-state index contributed by atoms with van der Waals surface area (Å²) in [6.45, 7) is 5.14. The number of nitrogens with zero attached hydrogens (tertiary/aromatic N) is 1. The molecule has 2 rings (SSSR count). The standard InChI is InChI=1S/C13H26N2O2S/c16-18(17)11-2-9-15(10-12-18)8-1-3-13-4-6-14-7-5-13/h13-14H,1-12H2. The molecule has 4 nitrogen and oxygen atoms in total. The van der Waals surface area contributed by atoms with E-state index in [1.807, 2.05) is 0 Å². The van der Waals surface area contributed by atoms with Crippen LogP contribution in [-0.4, -0.2) is 57.5 Å². The van der Waals surface area contributed by atoms with Crippen LogP contribution in [0.25, 0.3) is 0 Å². The van der Waals surface area contributed by atoms with Gasteiger partial charge in [0, 0.05) is 6.54 Å². The van der Waals surface area contributed by atoms with Crippen molar-refractivity contribution in [1.29, 1.82) is 0 Å². The smallest absolute Gasteiger partial charge is 0.151 e. The van der Waals surface area contributed by atoms with E-state index in [9.17, 15) is 8.42 Å². The summed E-state index contributed by atoms with van der Waals surface area (Å²) in [7, 11) is -2.75. The van der Waals surface area contributed by atoms with Crippen molar-refractivity contribution in [1.82, 2.24) is 10.2 Å². The highest BCUT2D eigenvalue weighted by atomic mass is 32.2. The summed E-state index contributed by atoms with van der Waals surface area (Å²) in [6.07, 6.45) is 5.98. The largest absolute Gasteiger partial charge is 0.317 e. The Morgan fingerprint density at radius 3 is 2.67 bits per heavy atom. The van der Waals surface area contributed by atoms with Crippen LogP contribution in [0.5, 0.6) is 0 Å². The normalized spacial score (nSPS) is 26.9. The second kappa shape index (κ2) is 6.87. The molecule has 1 N–H and O–H groups in total. The first kappa shape index (κ1) is 14.3. The van der Waals surface area contributed by atoms with E-state index in [2.05, 4.69) is 10.2 Å². The van der Waals surface area contributed by atoms with E-state index in [-0.39, 0.29) is 0 Å². The molecule has 2 heterocycles. The zero-order valence-corrected chi connectivity index (χ0v) is 12.1. The molecule has 0 unspecified atom stereocenters. The summed E-state index contributed by atoms with van der Waals surface area (Å²) >= 11 is 0. The average Bonchev–Trinajstić information content (AvgIpc) is 2.52. The van der Waals surface area contributed by atoms with Crippen LogP contribution in [0.3, 0.4) is 0 Å². The van der Waals surface area contributed by atoms with Crippen LogP contribution in [-0.2, 0) is 9.84 Å². The number of hydrogen-bond donors (Lipinski definition) is 1. The van der Waals surface area contributed by atoms with Gasteiger partial charge in [-0.15, -0.1) is 0 Å². The summed E-state index contributed by atoms with van der Waals surface area (Å²) in [6, 6.07) is 0. The van der Waals surface area contributed by atoms with Gasteiger partial charge in [0.15, 0.2) is 9.84 Å². The highest BCUT2D eigenvalue weighted by molar-refractivity contribution is 7.91. The van der Waals surface area contributed by atoms with Crippen molar-refractivity contribution >= 4 is 9.84 Å². The van der Waals surface area contributed by atoms with Crippen molar-refractivity contribution < 1.29 is 8.42 Å². The van der Waals surface area contributed by atoms with Gasteiger partial charge in [-0.05, 0) is 64.2 Å². The average molecular weight is 274 g/mol. The van der Waals surface area contributed by atoms with Gasteiger partial charge in [0.25, 0.3) is 0 Å². The van der Waals surface area contributed by atoms with Crippen molar-refractivity contribution in [2.45, 2.75) is 32.1 Å². The Hall–Kier alpha value is -0.130. The first-order chi connectivity index (χ1) is 8.66. The Morgan fingerprint density at radius 2 is 1.89 bits per heavy atom. The minimum Gasteiger partial charge on any atom is -0.317 e. The molecule has 0 spiro atoms. The Kier molecular flexibility index (Phi) is 5.45. The summed E-state index contributed by atoms with van der Waals surface area (Å²) < 4.78 is 23.0. The van der Waals surface area contributed by atoms with Gasteiger partial charge in [-0.25, -0.2) is 8.42 Å². The minimum atomic E-state index is -2.75. The Morgan fingerprint density at radius 1 is 1.11 bits per heavy atom.